The first-order chi connectivity index (χ1) is 5.97. The molecule has 2 unspecified atom stereocenters. The number of rotatable bonds is 4. The van der Waals surface area contributed by atoms with Crippen LogP contribution in [0.2, 0.25) is 0 Å². The second kappa shape index (κ2) is 5.60. The average Bonchev–Trinajstić information content (AvgIpc) is 2.03. The molecule has 74 valence electrons. The summed E-state index contributed by atoms with van der Waals surface area (Å²) in [5.41, 5.74) is 5.72. The summed E-state index contributed by atoms with van der Waals surface area (Å²) in [5.74, 6) is 2.66. The third kappa shape index (κ3) is 5.26. The first-order valence-corrected chi connectivity index (χ1v) is 4.48. The SMILES string of the molecule is C#CC(C)NC(=O)CC(N)C(C)C. The highest BCUT2D eigenvalue weighted by Gasteiger charge is 2.13. The lowest BCUT2D eigenvalue weighted by Crippen LogP contribution is -2.38. The highest BCUT2D eigenvalue weighted by atomic mass is 16.1. The summed E-state index contributed by atoms with van der Waals surface area (Å²) in [5, 5.41) is 2.66. The first kappa shape index (κ1) is 12.0. The number of nitrogens with one attached hydrogen (secondary N) is 1. The Kier molecular flexibility index (Phi) is 5.17. The van der Waals surface area contributed by atoms with Crippen molar-refractivity contribution >= 4 is 5.91 Å². The van der Waals surface area contributed by atoms with E-state index in [4.69, 9.17) is 12.2 Å². The second-order valence-electron chi connectivity index (χ2n) is 3.57. The molecule has 0 aromatic rings. The van der Waals surface area contributed by atoms with Gasteiger partial charge in [-0.2, -0.15) is 0 Å². The maximum Gasteiger partial charge on any atom is 0.222 e. The molecule has 0 bridgehead atoms. The van der Waals surface area contributed by atoms with E-state index in [0.29, 0.717) is 12.3 Å². The summed E-state index contributed by atoms with van der Waals surface area (Å²) < 4.78 is 0. The van der Waals surface area contributed by atoms with Crippen LogP contribution in [0.25, 0.3) is 0 Å². The van der Waals surface area contributed by atoms with Crippen molar-refractivity contribution in [1.82, 2.24) is 5.32 Å². The van der Waals surface area contributed by atoms with Crippen LogP contribution < -0.4 is 11.1 Å². The van der Waals surface area contributed by atoms with Crippen LogP contribution in [0, 0.1) is 18.3 Å². The fourth-order valence-corrected chi connectivity index (χ4v) is 0.792. The molecule has 2 atom stereocenters. The summed E-state index contributed by atoms with van der Waals surface area (Å²) in [6, 6.07) is -0.308. The fraction of sp³-hybridized carbons (Fsp3) is 0.700. The molecule has 3 N–H and O–H groups in total. The summed E-state index contributed by atoms with van der Waals surface area (Å²) in [6.45, 7) is 5.74. The monoisotopic (exact) mass is 182 g/mol. The van der Waals surface area contributed by atoms with Gasteiger partial charge in [0.25, 0.3) is 0 Å². The molecule has 0 aliphatic carbocycles. The van der Waals surface area contributed by atoms with Crippen LogP contribution >= 0.6 is 0 Å². The van der Waals surface area contributed by atoms with Crippen molar-refractivity contribution in [2.24, 2.45) is 11.7 Å². The van der Waals surface area contributed by atoms with Gasteiger partial charge in [-0.3, -0.25) is 4.79 Å². The van der Waals surface area contributed by atoms with Crippen LogP contribution in [0.3, 0.4) is 0 Å². The number of hydrogen-bond acceptors (Lipinski definition) is 2. The Morgan fingerprint density at radius 2 is 2.08 bits per heavy atom. The molecular formula is C10H18N2O. The number of terminal acetylenes is 1. The van der Waals surface area contributed by atoms with Crippen LogP contribution in [-0.2, 0) is 4.79 Å². The van der Waals surface area contributed by atoms with Gasteiger partial charge in [0.15, 0.2) is 0 Å². The van der Waals surface area contributed by atoms with Gasteiger partial charge in [0.1, 0.15) is 0 Å². The maximum absolute atomic E-state index is 11.2. The van der Waals surface area contributed by atoms with E-state index in [1.165, 1.54) is 0 Å². The topological polar surface area (TPSA) is 55.1 Å². The van der Waals surface area contributed by atoms with Gasteiger partial charge in [-0.15, -0.1) is 6.42 Å². The molecule has 0 radical (unpaired) electrons. The minimum Gasteiger partial charge on any atom is -0.343 e. The van der Waals surface area contributed by atoms with E-state index in [1.54, 1.807) is 6.92 Å². The zero-order valence-corrected chi connectivity index (χ0v) is 8.50. The number of hydrogen-bond donors (Lipinski definition) is 2. The molecule has 3 heteroatoms. The van der Waals surface area contributed by atoms with Crippen molar-refractivity contribution in [3.63, 3.8) is 0 Å². The van der Waals surface area contributed by atoms with Crippen LogP contribution in [0.1, 0.15) is 27.2 Å². The molecule has 0 saturated heterocycles. The third-order valence-corrected chi connectivity index (χ3v) is 1.90. The summed E-state index contributed by atoms with van der Waals surface area (Å²) >= 11 is 0. The molecule has 0 aliphatic rings. The predicted octanol–water partition coefficient (Wildman–Crippen LogP) is 0.498. The molecular weight excluding hydrogens is 164 g/mol. The number of carbonyl (C=O) groups excluding carboxylic acids is 1. The summed E-state index contributed by atoms with van der Waals surface area (Å²) in [6.07, 6.45) is 5.45. The quantitative estimate of drug-likeness (QED) is 0.622. The van der Waals surface area contributed by atoms with E-state index in [2.05, 4.69) is 11.2 Å². The Hall–Kier alpha value is -1.01. The molecule has 0 rings (SSSR count). The minimum absolute atomic E-state index is 0.0772. The van der Waals surface area contributed by atoms with Crippen LogP contribution in [0.5, 0.6) is 0 Å². The largest absolute Gasteiger partial charge is 0.343 e. The fourth-order valence-electron chi connectivity index (χ4n) is 0.792. The van der Waals surface area contributed by atoms with Crippen molar-refractivity contribution in [2.75, 3.05) is 0 Å². The van der Waals surface area contributed by atoms with Gasteiger partial charge in [-0.1, -0.05) is 19.8 Å². The van der Waals surface area contributed by atoms with Gasteiger partial charge >= 0.3 is 0 Å². The first-order valence-electron chi connectivity index (χ1n) is 4.48. The Bertz CT molecular complexity index is 205. The molecule has 13 heavy (non-hydrogen) atoms. The Labute approximate surface area is 80.1 Å². The van der Waals surface area contributed by atoms with Gasteiger partial charge in [-0.25, -0.2) is 0 Å². The van der Waals surface area contributed by atoms with Crippen LogP contribution in [0.15, 0.2) is 0 Å². The molecule has 0 heterocycles. The second-order valence-corrected chi connectivity index (χ2v) is 3.57. The van der Waals surface area contributed by atoms with Crippen LogP contribution in [0.4, 0.5) is 0 Å². The molecule has 0 aliphatic heterocycles. The van der Waals surface area contributed by atoms with Crippen molar-refractivity contribution in [3.05, 3.63) is 0 Å². The number of carbonyl (C=O) groups is 1. The lowest BCUT2D eigenvalue weighted by molar-refractivity contribution is -0.121. The molecule has 0 fully saturated rings. The van der Waals surface area contributed by atoms with Gasteiger partial charge in [-0.05, 0) is 12.8 Å². The lowest BCUT2D eigenvalue weighted by atomic mass is 10.0. The smallest absolute Gasteiger partial charge is 0.222 e. The molecule has 0 saturated carbocycles. The Morgan fingerprint density at radius 1 is 1.54 bits per heavy atom. The van der Waals surface area contributed by atoms with Gasteiger partial charge in [0.2, 0.25) is 5.91 Å². The summed E-state index contributed by atoms with van der Waals surface area (Å²) in [4.78, 5) is 11.2. The van der Waals surface area contributed by atoms with Crippen LogP contribution in [-0.4, -0.2) is 18.0 Å². The number of amides is 1. The zero-order valence-electron chi connectivity index (χ0n) is 8.50. The van der Waals surface area contributed by atoms with Crippen molar-refractivity contribution in [2.45, 2.75) is 39.3 Å². The molecule has 3 nitrogen and oxygen atoms in total. The van der Waals surface area contributed by atoms with Gasteiger partial charge in [0, 0.05) is 12.5 Å². The third-order valence-electron chi connectivity index (χ3n) is 1.90. The van der Waals surface area contributed by atoms with E-state index < -0.39 is 0 Å². The minimum atomic E-state index is -0.216. The van der Waals surface area contributed by atoms with Gasteiger partial charge in [0.05, 0.1) is 6.04 Å². The lowest BCUT2D eigenvalue weighted by Gasteiger charge is -2.15. The predicted molar refractivity (Wildman–Crippen MR) is 53.9 cm³/mol. The van der Waals surface area contributed by atoms with E-state index in [0.717, 1.165) is 0 Å². The van der Waals surface area contributed by atoms with Crippen molar-refractivity contribution < 1.29 is 4.79 Å². The van der Waals surface area contributed by atoms with E-state index in [-0.39, 0.29) is 18.0 Å². The Morgan fingerprint density at radius 3 is 2.46 bits per heavy atom. The standard InChI is InChI=1S/C10H18N2O/c1-5-8(4)12-10(13)6-9(11)7(2)3/h1,7-9H,6,11H2,2-4H3,(H,12,13). The zero-order chi connectivity index (χ0) is 10.4. The van der Waals surface area contributed by atoms with Crippen molar-refractivity contribution in [1.29, 1.82) is 0 Å². The Balaban J connectivity index is 3.82. The normalized spacial score (nSPS) is 14.8. The number of nitrogens with two attached hydrogens (primary N) is 1. The maximum atomic E-state index is 11.2. The van der Waals surface area contributed by atoms with E-state index in [9.17, 15) is 4.79 Å². The van der Waals surface area contributed by atoms with E-state index in [1.807, 2.05) is 13.8 Å². The van der Waals surface area contributed by atoms with Gasteiger partial charge < -0.3 is 11.1 Å². The molecule has 0 aromatic carbocycles. The average molecular weight is 182 g/mol. The molecule has 1 amide bonds. The highest BCUT2D eigenvalue weighted by Crippen LogP contribution is 2.02. The van der Waals surface area contributed by atoms with Crippen molar-refractivity contribution in [3.8, 4) is 12.3 Å². The van der Waals surface area contributed by atoms with E-state index >= 15 is 0 Å². The molecule has 0 aromatic heterocycles. The molecule has 0 spiro atoms. The summed E-state index contributed by atoms with van der Waals surface area (Å²) in [7, 11) is 0. The highest BCUT2D eigenvalue weighted by molar-refractivity contribution is 5.77.